The quantitative estimate of drug-likeness (QED) is 0.652. The van der Waals surface area contributed by atoms with Gasteiger partial charge in [-0.05, 0) is 60.6 Å². The highest BCUT2D eigenvalue weighted by Gasteiger charge is 2.39. The number of benzene rings is 1. The Morgan fingerprint density at radius 3 is 1.80 bits per heavy atom. The Hall–Kier alpha value is -2.15. The van der Waals surface area contributed by atoms with Crippen LogP contribution in [0.5, 0.6) is 0 Å². The van der Waals surface area contributed by atoms with E-state index in [0.717, 1.165) is 5.56 Å². The monoisotopic (exact) mass is 436 g/mol. The number of aryl methyl sites for hydroxylation is 1. The molecule has 0 amide bonds. The maximum Gasteiger partial charge on any atom is 0.311 e. The highest BCUT2D eigenvalue weighted by molar-refractivity contribution is 7.95. The van der Waals surface area contributed by atoms with Crippen molar-refractivity contribution in [3.63, 3.8) is 0 Å². The maximum atomic E-state index is 13.1. The molecule has 1 aliphatic rings. The summed E-state index contributed by atoms with van der Waals surface area (Å²) in [5.74, 6) is -0.902. The first-order valence-corrected chi connectivity index (χ1v) is 11.5. The van der Waals surface area contributed by atoms with Gasteiger partial charge in [-0.3, -0.25) is 9.59 Å². The highest BCUT2D eigenvalue weighted by atomic mass is 32.2. The summed E-state index contributed by atoms with van der Waals surface area (Å²) in [6, 6.07) is 6.60. The molecule has 6 nitrogen and oxygen atoms in total. The minimum atomic E-state index is -3.73. The molecule has 1 aromatic carbocycles. The van der Waals surface area contributed by atoms with Gasteiger partial charge in [0.05, 0.1) is 15.7 Å². The number of hydrogen-bond donors (Lipinski definition) is 0. The Balaban J connectivity index is 2.34. The van der Waals surface area contributed by atoms with Gasteiger partial charge in [-0.15, -0.1) is 0 Å². The van der Waals surface area contributed by atoms with Crippen molar-refractivity contribution in [3.8, 4) is 0 Å². The summed E-state index contributed by atoms with van der Waals surface area (Å²) >= 11 is 0. The number of esters is 2. The van der Waals surface area contributed by atoms with Gasteiger partial charge in [0.15, 0.2) is 0 Å². The van der Waals surface area contributed by atoms with Crippen molar-refractivity contribution in [3.05, 3.63) is 40.8 Å². The van der Waals surface area contributed by atoms with E-state index in [1.165, 1.54) is 0 Å². The zero-order chi connectivity index (χ0) is 22.9. The standard InChI is InChI=1S/C23H32O6S/c1-15-8-10-16(11-9-15)30(26,27)17-12-13-18(28-20(24)22(2,3)4)19(14-17)29-21(25)23(5,6)7/h8-12,18-19H,13-14H2,1-7H3. The Kier molecular flexibility index (Phi) is 6.86. The molecule has 1 aliphatic carbocycles. The number of sulfone groups is 1. The van der Waals surface area contributed by atoms with Crippen molar-refractivity contribution in [2.24, 2.45) is 10.8 Å². The van der Waals surface area contributed by atoms with Gasteiger partial charge in [0.1, 0.15) is 12.2 Å². The molecular formula is C23H32O6S. The van der Waals surface area contributed by atoms with Crippen LogP contribution in [0.2, 0.25) is 0 Å². The molecule has 0 heterocycles. The summed E-state index contributed by atoms with van der Waals surface area (Å²) in [6.45, 7) is 12.2. The van der Waals surface area contributed by atoms with E-state index in [0.29, 0.717) is 0 Å². The summed E-state index contributed by atoms with van der Waals surface area (Å²) in [7, 11) is -3.73. The molecule has 30 heavy (non-hydrogen) atoms. The van der Waals surface area contributed by atoms with Crippen molar-refractivity contribution >= 4 is 21.8 Å². The zero-order valence-electron chi connectivity index (χ0n) is 18.8. The summed E-state index contributed by atoms with van der Waals surface area (Å²) in [6.07, 6.45) is 0.0741. The van der Waals surface area contributed by atoms with Crippen molar-refractivity contribution in [2.45, 2.75) is 78.4 Å². The van der Waals surface area contributed by atoms with Crippen molar-refractivity contribution in [1.29, 1.82) is 0 Å². The van der Waals surface area contributed by atoms with Crippen LogP contribution in [-0.4, -0.2) is 32.6 Å². The molecule has 1 aromatic rings. The molecule has 0 aliphatic heterocycles. The molecule has 166 valence electrons. The Bertz CT molecular complexity index is 927. The summed E-state index contributed by atoms with van der Waals surface area (Å²) in [5.41, 5.74) is -0.538. The van der Waals surface area contributed by atoms with Crippen LogP contribution in [0.15, 0.2) is 40.1 Å². The molecule has 0 spiro atoms. The molecule has 2 unspecified atom stereocenters. The van der Waals surface area contributed by atoms with Gasteiger partial charge < -0.3 is 9.47 Å². The lowest BCUT2D eigenvalue weighted by molar-refractivity contribution is -0.178. The normalized spacial score (nSPS) is 20.3. The predicted molar refractivity (Wildman–Crippen MR) is 114 cm³/mol. The fourth-order valence-electron chi connectivity index (χ4n) is 2.77. The minimum absolute atomic E-state index is 0.0415. The fraction of sp³-hybridized carbons (Fsp3) is 0.565. The molecule has 7 heteroatoms. The van der Waals surface area contributed by atoms with Gasteiger partial charge in [0.2, 0.25) is 9.84 Å². The molecule has 0 radical (unpaired) electrons. The van der Waals surface area contributed by atoms with Crippen molar-refractivity contribution in [2.75, 3.05) is 0 Å². The first-order valence-electron chi connectivity index (χ1n) is 10.1. The van der Waals surface area contributed by atoms with Gasteiger partial charge in [-0.25, -0.2) is 8.42 Å². The number of carbonyl (C=O) groups is 2. The van der Waals surface area contributed by atoms with Crippen LogP contribution in [0.25, 0.3) is 0 Å². The minimum Gasteiger partial charge on any atom is -0.458 e. The average Bonchev–Trinajstić information content (AvgIpc) is 2.61. The van der Waals surface area contributed by atoms with E-state index in [-0.39, 0.29) is 22.6 Å². The summed E-state index contributed by atoms with van der Waals surface area (Å²) < 4.78 is 37.4. The lowest BCUT2D eigenvalue weighted by Gasteiger charge is -2.33. The van der Waals surface area contributed by atoms with E-state index in [4.69, 9.17) is 9.47 Å². The lowest BCUT2D eigenvalue weighted by atomic mass is 9.95. The molecule has 0 saturated carbocycles. The van der Waals surface area contributed by atoms with Crippen LogP contribution in [0.3, 0.4) is 0 Å². The molecule has 0 bridgehead atoms. The van der Waals surface area contributed by atoms with E-state index in [9.17, 15) is 18.0 Å². The van der Waals surface area contributed by atoms with Crippen LogP contribution in [0, 0.1) is 17.8 Å². The van der Waals surface area contributed by atoms with E-state index >= 15 is 0 Å². The Morgan fingerprint density at radius 1 is 0.867 bits per heavy atom. The summed E-state index contributed by atoms with van der Waals surface area (Å²) in [4.78, 5) is 25.2. The molecule has 2 rings (SSSR count). The topological polar surface area (TPSA) is 86.7 Å². The van der Waals surface area contributed by atoms with Crippen LogP contribution in [0.1, 0.15) is 59.9 Å². The molecule has 0 saturated heterocycles. The third kappa shape index (κ3) is 5.72. The number of carbonyl (C=O) groups excluding carboxylic acids is 2. The van der Waals surface area contributed by atoms with E-state index in [2.05, 4.69) is 0 Å². The van der Waals surface area contributed by atoms with Gasteiger partial charge >= 0.3 is 11.9 Å². The van der Waals surface area contributed by atoms with Crippen LogP contribution in [0.4, 0.5) is 0 Å². The number of hydrogen-bond acceptors (Lipinski definition) is 6. The van der Waals surface area contributed by atoms with Crippen molar-refractivity contribution in [1.82, 2.24) is 0 Å². The summed E-state index contributed by atoms with van der Waals surface area (Å²) in [5, 5.41) is 0. The average molecular weight is 437 g/mol. The second-order valence-corrected chi connectivity index (χ2v) is 11.8. The SMILES string of the molecule is Cc1ccc(S(=O)(=O)C2=CCC(OC(=O)C(C)(C)C)C(OC(=O)C(C)(C)C)C2)cc1. The maximum absolute atomic E-state index is 13.1. The van der Waals surface area contributed by atoms with Gasteiger partial charge in [-0.2, -0.15) is 0 Å². The molecule has 2 atom stereocenters. The van der Waals surface area contributed by atoms with E-state index < -0.39 is 44.8 Å². The van der Waals surface area contributed by atoms with E-state index in [1.54, 1.807) is 71.9 Å². The zero-order valence-corrected chi connectivity index (χ0v) is 19.6. The third-order valence-corrected chi connectivity index (χ3v) is 6.73. The first-order chi connectivity index (χ1) is 13.6. The smallest absolute Gasteiger partial charge is 0.311 e. The largest absolute Gasteiger partial charge is 0.458 e. The fourth-order valence-corrected chi connectivity index (χ4v) is 4.27. The van der Waals surface area contributed by atoms with Gasteiger partial charge in [-0.1, -0.05) is 23.8 Å². The first kappa shape index (κ1) is 24.1. The lowest BCUT2D eigenvalue weighted by Crippen LogP contribution is -2.42. The van der Waals surface area contributed by atoms with Crippen molar-refractivity contribution < 1.29 is 27.5 Å². The molecule has 0 aromatic heterocycles. The number of rotatable bonds is 4. The number of ether oxygens (including phenoxy) is 2. The van der Waals surface area contributed by atoms with Crippen LogP contribution in [-0.2, 0) is 28.9 Å². The van der Waals surface area contributed by atoms with Crippen LogP contribution >= 0.6 is 0 Å². The van der Waals surface area contributed by atoms with Crippen LogP contribution < -0.4 is 0 Å². The molecular weight excluding hydrogens is 404 g/mol. The van der Waals surface area contributed by atoms with E-state index in [1.807, 2.05) is 6.92 Å². The molecule has 0 N–H and O–H groups in total. The van der Waals surface area contributed by atoms with Gasteiger partial charge in [0.25, 0.3) is 0 Å². The Labute approximate surface area is 179 Å². The Morgan fingerprint density at radius 2 is 1.33 bits per heavy atom. The van der Waals surface area contributed by atoms with Gasteiger partial charge in [0, 0.05) is 17.7 Å². The second kappa shape index (κ2) is 8.53. The third-order valence-electron chi connectivity index (χ3n) is 4.81. The highest BCUT2D eigenvalue weighted by Crippen LogP contribution is 2.33. The predicted octanol–water partition coefficient (Wildman–Crippen LogP) is 4.36. The second-order valence-electron chi connectivity index (χ2n) is 9.81. The molecule has 0 fully saturated rings.